The number of anilines is 1. The zero-order chi connectivity index (χ0) is 17.5. The number of rotatable bonds is 6. The predicted molar refractivity (Wildman–Crippen MR) is 104 cm³/mol. The average Bonchev–Trinajstić information content (AvgIpc) is 2.67. The molecule has 0 aliphatic carbocycles. The van der Waals surface area contributed by atoms with Gasteiger partial charge in [0, 0.05) is 17.8 Å². The van der Waals surface area contributed by atoms with E-state index in [0.717, 1.165) is 16.6 Å². The maximum Gasteiger partial charge on any atom is 0.259 e. The Morgan fingerprint density at radius 1 is 1.00 bits per heavy atom. The molecule has 25 heavy (non-hydrogen) atoms. The molecule has 0 saturated carbocycles. The van der Waals surface area contributed by atoms with Crippen molar-refractivity contribution in [1.29, 1.82) is 0 Å². The maximum atomic E-state index is 11.9. The second-order valence-corrected chi connectivity index (χ2v) is 5.93. The lowest BCUT2D eigenvalue weighted by molar-refractivity contribution is -0.119. The highest BCUT2D eigenvalue weighted by molar-refractivity contribution is 5.87. The number of hydrogen-bond donors (Lipinski definition) is 2. The first-order chi connectivity index (χ1) is 12.2. The van der Waals surface area contributed by atoms with Crippen molar-refractivity contribution in [2.24, 2.45) is 5.10 Å². The highest BCUT2D eigenvalue weighted by Gasteiger charge is 2.03. The number of hydrazone groups is 1. The summed E-state index contributed by atoms with van der Waals surface area (Å²) in [7, 11) is 0. The van der Waals surface area contributed by atoms with Crippen molar-refractivity contribution in [1.82, 2.24) is 5.43 Å². The van der Waals surface area contributed by atoms with E-state index in [-0.39, 0.29) is 18.4 Å². The minimum atomic E-state index is -0.176. The number of amides is 1. The summed E-state index contributed by atoms with van der Waals surface area (Å²) in [5, 5.41) is 9.48. The number of benzene rings is 3. The molecular formula is C21H21N3O. The van der Waals surface area contributed by atoms with Crippen LogP contribution < -0.4 is 10.7 Å². The van der Waals surface area contributed by atoms with Crippen LogP contribution in [0.25, 0.3) is 10.8 Å². The number of nitrogens with zero attached hydrogens (tertiary/aromatic N) is 1. The summed E-state index contributed by atoms with van der Waals surface area (Å²) in [5.74, 6) is -0.0281. The Bertz CT molecular complexity index is 874. The summed E-state index contributed by atoms with van der Waals surface area (Å²) in [6, 6.07) is 24.2. The zero-order valence-corrected chi connectivity index (χ0v) is 14.1. The quantitative estimate of drug-likeness (QED) is 0.526. The van der Waals surface area contributed by atoms with Crippen molar-refractivity contribution in [3.05, 3.63) is 78.4 Å². The smallest absolute Gasteiger partial charge is 0.259 e. The minimum Gasteiger partial charge on any atom is -0.376 e. The summed E-state index contributed by atoms with van der Waals surface area (Å²) >= 11 is 0. The zero-order valence-electron chi connectivity index (χ0n) is 14.1. The van der Waals surface area contributed by atoms with Gasteiger partial charge < -0.3 is 5.32 Å². The van der Waals surface area contributed by atoms with Gasteiger partial charge in [0.15, 0.2) is 0 Å². The second-order valence-electron chi connectivity index (χ2n) is 5.93. The molecule has 3 rings (SSSR count). The number of hydrogen-bond acceptors (Lipinski definition) is 3. The summed E-state index contributed by atoms with van der Waals surface area (Å²) in [5.41, 5.74) is 4.63. The molecule has 1 atom stereocenters. The normalized spacial score (nSPS) is 12.2. The SMILES string of the molecule is C[C@H](/C=N\NC(=O)CNc1ccc2ccccc2c1)c1ccccc1. The lowest BCUT2D eigenvalue weighted by Gasteiger charge is -2.07. The van der Waals surface area contributed by atoms with Gasteiger partial charge >= 0.3 is 0 Å². The second kappa shape index (κ2) is 8.11. The van der Waals surface area contributed by atoms with Crippen LogP contribution >= 0.6 is 0 Å². The standard InChI is InChI=1S/C21H21N3O/c1-16(17-7-3-2-4-8-17)14-23-24-21(25)15-22-20-12-11-18-9-5-6-10-19(18)13-20/h2-14,16,22H,15H2,1H3,(H,24,25)/b23-14-/t16-/m1/s1. The minimum absolute atomic E-state index is 0.148. The molecule has 0 saturated heterocycles. The first-order valence-electron chi connectivity index (χ1n) is 8.32. The molecule has 0 unspecified atom stereocenters. The van der Waals surface area contributed by atoms with Gasteiger partial charge in [-0.15, -0.1) is 0 Å². The van der Waals surface area contributed by atoms with Crippen molar-refractivity contribution >= 4 is 28.6 Å². The van der Waals surface area contributed by atoms with Gasteiger partial charge in [-0.05, 0) is 28.5 Å². The van der Waals surface area contributed by atoms with Crippen molar-refractivity contribution in [2.45, 2.75) is 12.8 Å². The van der Waals surface area contributed by atoms with Gasteiger partial charge in [-0.2, -0.15) is 5.10 Å². The van der Waals surface area contributed by atoms with E-state index < -0.39 is 0 Å². The Hall–Kier alpha value is -3.14. The Labute approximate surface area is 147 Å². The van der Waals surface area contributed by atoms with Gasteiger partial charge in [-0.3, -0.25) is 4.79 Å². The van der Waals surface area contributed by atoms with E-state index in [2.05, 4.69) is 28.0 Å². The molecule has 3 aromatic rings. The Kier molecular flexibility index (Phi) is 5.42. The van der Waals surface area contributed by atoms with Gasteiger partial charge in [-0.25, -0.2) is 5.43 Å². The van der Waals surface area contributed by atoms with Crippen molar-refractivity contribution in [3.63, 3.8) is 0 Å². The Morgan fingerprint density at radius 2 is 1.72 bits per heavy atom. The molecule has 0 heterocycles. The van der Waals surface area contributed by atoms with E-state index in [1.807, 2.05) is 67.6 Å². The third-order valence-corrected chi connectivity index (χ3v) is 4.02. The topological polar surface area (TPSA) is 53.5 Å². The van der Waals surface area contributed by atoms with Gasteiger partial charge in [0.05, 0.1) is 6.54 Å². The molecular weight excluding hydrogens is 310 g/mol. The van der Waals surface area contributed by atoms with Crippen molar-refractivity contribution in [3.8, 4) is 0 Å². The monoisotopic (exact) mass is 331 g/mol. The van der Waals surface area contributed by atoms with Crippen molar-refractivity contribution in [2.75, 3.05) is 11.9 Å². The van der Waals surface area contributed by atoms with E-state index >= 15 is 0 Å². The summed E-state index contributed by atoms with van der Waals surface area (Å²) in [6.45, 7) is 2.22. The fourth-order valence-electron chi connectivity index (χ4n) is 2.58. The number of carbonyl (C=O) groups excluding carboxylic acids is 1. The van der Waals surface area contributed by atoms with Crippen LogP contribution in [0, 0.1) is 0 Å². The maximum absolute atomic E-state index is 11.9. The molecule has 3 aromatic carbocycles. The van der Waals surface area contributed by atoms with Crippen LogP contribution in [0.4, 0.5) is 5.69 Å². The largest absolute Gasteiger partial charge is 0.376 e. The van der Waals surface area contributed by atoms with E-state index in [4.69, 9.17) is 0 Å². The molecule has 126 valence electrons. The highest BCUT2D eigenvalue weighted by atomic mass is 16.2. The molecule has 1 amide bonds. The van der Waals surface area contributed by atoms with Crippen molar-refractivity contribution < 1.29 is 4.79 Å². The number of carbonyl (C=O) groups is 1. The van der Waals surface area contributed by atoms with E-state index in [0.29, 0.717) is 0 Å². The highest BCUT2D eigenvalue weighted by Crippen LogP contribution is 2.18. The Balaban J connectivity index is 1.49. The molecule has 0 spiro atoms. The van der Waals surface area contributed by atoms with E-state index in [1.54, 1.807) is 6.21 Å². The van der Waals surface area contributed by atoms with Gasteiger partial charge in [0.25, 0.3) is 5.91 Å². The van der Waals surface area contributed by atoms with Crippen LogP contribution in [0.1, 0.15) is 18.4 Å². The molecule has 0 aliphatic heterocycles. The number of nitrogens with one attached hydrogen (secondary N) is 2. The third-order valence-electron chi connectivity index (χ3n) is 4.02. The van der Waals surface area contributed by atoms with E-state index in [9.17, 15) is 4.79 Å². The molecule has 0 aliphatic rings. The Morgan fingerprint density at radius 3 is 2.52 bits per heavy atom. The van der Waals surface area contributed by atoms with E-state index in [1.165, 1.54) is 5.39 Å². The summed E-state index contributed by atoms with van der Waals surface area (Å²) in [4.78, 5) is 11.9. The molecule has 0 fully saturated rings. The predicted octanol–water partition coefficient (Wildman–Crippen LogP) is 4.16. The molecule has 0 bridgehead atoms. The van der Waals surface area contributed by atoms with Crippen LogP contribution in [0.5, 0.6) is 0 Å². The molecule has 2 N–H and O–H groups in total. The molecule has 4 nitrogen and oxygen atoms in total. The van der Waals surface area contributed by atoms with Crippen LogP contribution in [-0.2, 0) is 4.79 Å². The van der Waals surface area contributed by atoms with Crippen LogP contribution in [0.2, 0.25) is 0 Å². The fraction of sp³-hybridized carbons (Fsp3) is 0.143. The summed E-state index contributed by atoms with van der Waals surface area (Å²) < 4.78 is 0. The number of fused-ring (bicyclic) bond motifs is 1. The first kappa shape index (κ1) is 16.7. The first-order valence-corrected chi connectivity index (χ1v) is 8.32. The molecule has 0 radical (unpaired) electrons. The molecule has 4 heteroatoms. The van der Waals surface area contributed by atoms with Gasteiger partial charge in [0.2, 0.25) is 0 Å². The molecule has 0 aromatic heterocycles. The van der Waals surface area contributed by atoms with Crippen LogP contribution in [0.3, 0.4) is 0 Å². The van der Waals surface area contributed by atoms with Crippen LogP contribution in [0.15, 0.2) is 77.9 Å². The average molecular weight is 331 g/mol. The lowest BCUT2D eigenvalue weighted by Crippen LogP contribution is -2.26. The summed E-state index contributed by atoms with van der Waals surface area (Å²) in [6.07, 6.45) is 1.74. The third kappa shape index (κ3) is 4.67. The fourth-order valence-corrected chi connectivity index (χ4v) is 2.58. The lowest BCUT2D eigenvalue weighted by atomic mass is 10.0. The van der Waals surface area contributed by atoms with Gasteiger partial charge in [0.1, 0.15) is 0 Å². The van der Waals surface area contributed by atoms with Gasteiger partial charge in [-0.1, -0.05) is 67.6 Å². The van der Waals surface area contributed by atoms with Crippen LogP contribution in [-0.4, -0.2) is 18.7 Å².